The molecule has 0 aliphatic heterocycles. The first kappa shape index (κ1) is 12.7. The molecule has 2 aromatic rings. The van der Waals surface area contributed by atoms with E-state index in [0.29, 0.717) is 6.54 Å². The van der Waals surface area contributed by atoms with Gasteiger partial charge >= 0.3 is 0 Å². The maximum absolute atomic E-state index is 5.82. The molecule has 0 amide bonds. The summed E-state index contributed by atoms with van der Waals surface area (Å²) in [5.41, 5.74) is 2.26. The summed E-state index contributed by atoms with van der Waals surface area (Å²) >= 11 is 5.82. The first-order chi connectivity index (χ1) is 8.84. The van der Waals surface area contributed by atoms with E-state index in [1.807, 2.05) is 54.6 Å². The third kappa shape index (κ3) is 4.25. The van der Waals surface area contributed by atoms with Gasteiger partial charge in [0.2, 0.25) is 0 Å². The average Bonchev–Trinajstić information content (AvgIpc) is 2.42. The van der Waals surface area contributed by atoms with Crippen LogP contribution in [0.15, 0.2) is 54.6 Å². The van der Waals surface area contributed by atoms with E-state index < -0.39 is 0 Å². The maximum Gasteiger partial charge on any atom is 0.0582 e. The molecule has 2 aromatic carbocycles. The van der Waals surface area contributed by atoms with Crippen LogP contribution >= 0.6 is 11.6 Å². The second-order valence-electron chi connectivity index (χ2n) is 3.90. The third-order valence-electron chi connectivity index (χ3n) is 2.46. The lowest BCUT2D eigenvalue weighted by atomic mass is 10.2. The van der Waals surface area contributed by atoms with Crippen LogP contribution in [-0.2, 0) is 6.54 Å². The Hall–Kier alpha value is -1.75. The second-order valence-corrected chi connectivity index (χ2v) is 4.33. The summed E-state index contributed by atoms with van der Waals surface area (Å²) in [4.78, 5) is 0. The van der Waals surface area contributed by atoms with E-state index in [0.717, 1.165) is 17.1 Å². The van der Waals surface area contributed by atoms with Crippen LogP contribution < -0.4 is 5.32 Å². The Bertz CT molecular complexity index is 535. The van der Waals surface area contributed by atoms with Gasteiger partial charge in [0.1, 0.15) is 0 Å². The number of hydrogen-bond acceptors (Lipinski definition) is 1. The summed E-state index contributed by atoms with van der Waals surface area (Å²) in [6.45, 7) is 1.48. The van der Waals surface area contributed by atoms with E-state index in [-0.39, 0.29) is 0 Å². The Morgan fingerprint density at radius 1 is 0.944 bits per heavy atom. The highest BCUT2D eigenvalue weighted by Crippen LogP contribution is 2.08. The molecule has 18 heavy (non-hydrogen) atoms. The highest BCUT2D eigenvalue weighted by Gasteiger charge is 1.91. The molecule has 2 rings (SSSR count). The minimum absolute atomic E-state index is 0.678. The summed E-state index contributed by atoms with van der Waals surface area (Å²) in [7, 11) is 0. The lowest BCUT2D eigenvalue weighted by Gasteiger charge is -2.00. The van der Waals surface area contributed by atoms with E-state index in [1.165, 1.54) is 5.56 Å². The molecule has 0 bridgehead atoms. The van der Waals surface area contributed by atoms with Crippen LogP contribution in [0.1, 0.15) is 11.1 Å². The van der Waals surface area contributed by atoms with Crippen LogP contribution in [0.2, 0.25) is 5.02 Å². The van der Waals surface area contributed by atoms with E-state index in [2.05, 4.69) is 17.2 Å². The van der Waals surface area contributed by atoms with Crippen molar-refractivity contribution in [2.75, 3.05) is 6.54 Å². The van der Waals surface area contributed by atoms with Gasteiger partial charge in [-0.1, -0.05) is 53.8 Å². The molecule has 0 unspecified atom stereocenters. The van der Waals surface area contributed by atoms with Crippen molar-refractivity contribution in [3.63, 3.8) is 0 Å². The number of hydrogen-bond donors (Lipinski definition) is 1. The van der Waals surface area contributed by atoms with Crippen molar-refractivity contribution in [2.45, 2.75) is 6.54 Å². The molecule has 0 fully saturated rings. The van der Waals surface area contributed by atoms with Gasteiger partial charge < -0.3 is 5.32 Å². The van der Waals surface area contributed by atoms with Crippen LogP contribution in [-0.4, -0.2) is 6.54 Å². The zero-order chi connectivity index (χ0) is 12.6. The van der Waals surface area contributed by atoms with Crippen LogP contribution in [0.5, 0.6) is 0 Å². The fourth-order valence-corrected chi connectivity index (χ4v) is 1.67. The third-order valence-corrected chi connectivity index (χ3v) is 2.71. The number of rotatable bonds is 3. The Balaban J connectivity index is 1.77. The largest absolute Gasteiger partial charge is 0.302 e. The molecular weight excluding hydrogens is 242 g/mol. The molecule has 0 atom stereocenters. The van der Waals surface area contributed by atoms with Crippen molar-refractivity contribution in [3.8, 4) is 11.8 Å². The fraction of sp³-hybridized carbons (Fsp3) is 0.125. The minimum atomic E-state index is 0.678. The molecular formula is C16H14ClN. The van der Waals surface area contributed by atoms with Crippen LogP contribution in [0.4, 0.5) is 0 Å². The van der Waals surface area contributed by atoms with Crippen molar-refractivity contribution >= 4 is 11.6 Å². The van der Waals surface area contributed by atoms with Gasteiger partial charge in [-0.25, -0.2) is 0 Å². The SMILES string of the molecule is Clc1ccc(CNCC#Cc2ccccc2)cc1. The number of benzene rings is 2. The lowest BCUT2D eigenvalue weighted by molar-refractivity contribution is 0.770. The quantitative estimate of drug-likeness (QED) is 0.654. The van der Waals surface area contributed by atoms with Gasteiger partial charge in [-0.15, -0.1) is 0 Å². The second kappa shape index (κ2) is 6.86. The molecule has 0 aromatic heterocycles. The maximum atomic E-state index is 5.82. The Kier molecular flexibility index (Phi) is 4.84. The summed E-state index contributed by atoms with van der Waals surface area (Å²) in [5.74, 6) is 6.20. The molecule has 2 heteroatoms. The van der Waals surface area contributed by atoms with E-state index in [4.69, 9.17) is 11.6 Å². The predicted octanol–water partition coefficient (Wildman–Crippen LogP) is 3.48. The molecule has 0 heterocycles. The Morgan fingerprint density at radius 2 is 1.67 bits per heavy atom. The molecule has 0 radical (unpaired) electrons. The Labute approximate surface area is 113 Å². The zero-order valence-electron chi connectivity index (χ0n) is 9.99. The highest BCUT2D eigenvalue weighted by molar-refractivity contribution is 6.30. The van der Waals surface area contributed by atoms with Crippen molar-refractivity contribution < 1.29 is 0 Å². The van der Waals surface area contributed by atoms with Gasteiger partial charge in [-0.2, -0.15) is 0 Å². The van der Waals surface area contributed by atoms with E-state index in [9.17, 15) is 0 Å². The molecule has 0 aliphatic carbocycles. The van der Waals surface area contributed by atoms with Crippen LogP contribution in [0.3, 0.4) is 0 Å². The standard InChI is InChI=1S/C16H14ClN/c17-16-10-8-15(9-11-16)13-18-12-4-7-14-5-2-1-3-6-14/h1-3,5-6,8-11,18H,12-13H2. The normalized spacial score (nSPS) is 9.61. The van der Waals surface area contributed by atoms with Gasteiger partial charge in [-0.3, -0.25) is 0 Å². The fourth-order valence-electron chi connectivity index (χ4n) is 1.54. The van der Waals surface area contributed by atoms with Crippen LogP contribution in [0.25, 0.3) is 0 Å². The molecule has 0 aliphatic rings. The number of nitrogens with one attached hydrogen (secondary N) is 1. The smallest absolute Gasteiger partial charge is 0.0582 e. The van der Waals surface area contributed by atoms with E-state index in [1.54, 1.807) is 0 Å². The number of halogens is 1. The van der Waals surface area contributed by atoms with E-state index >= 15 is 0 Å². The highest BCUT2D eigenvalue weighted by atomic mass is 35.5. The van der Waals surface area contributed by atoms with Gasteiger partial charge in [0, 0.05) is 17.1 Å². The topological polar surface area (TPSA) is 12.0 Å². The molecule has 1 nitrogen and oxygen atoms in total. The summed E-state index contributed by atoms with van der Waals surface area (Å²) in [5, 5.41) is 4.04. The molecule has 90 valence electrons. The molecule has 0 spiro atoms. The zero-order valence-corrected chi connectivity index (χ0v) is 10.7. The van der Waals surface area contributed by atoms with Crippen molar-refractivity contribution in [1.29, 1.82) is 0 Å². The first-order valence-electron chi connectivity index (χ1n) is 5.84. The average molecular weight is 256 g/mol. The Morgan fingerprint density at radius 3 is 2.39 bits per heavy atom. The first-order valence-corrected chi connectivity index (χ1v) is 6.21. The molecule has 1 N–H and O–H groups in total. The monoisotopic (exact) mass is 255 g/mol. The van der Waals surface area contributed by atoms with Gasteiger partial charge in [0.15, 0.2) is 0 Å². The van der Waals surface area contributed by atoms with Gasteiger partial charge in [0.25, 0.3) is 0 Å². The van der Waals surface area contributed by atoms with Crippen molar-refractivity contribution in [3.05, 3.63) is 70.7 Å². The molecule has 0 saturated heterocycles. The predicted molar refractivity (Wildman–Crippen MR) is 76.5 cm³/mol. The van der Waals surface area contributed by atoms with Gasteiger partial charge in [-0.05, 0) is 29.8 Å². The van der Waals surface area contributed by atoms with Crippen molar-refractivity contribution in [1.82, 2.24) is 5.32 Å². The summed E-state index contributed by atoms with van der Waals surface area (Å²) in [6, 6.07) is 17.8. The van der Waals surface area contributed by atoms with Crippen LogP contribution in [0, 0.1) is 11.8 Å². The lowest BCUT2D eigenvalue weighted by Crippen LogP contribution is -2.12. The van der Waals surface area contributed by atoms with Crippen molar-refractivity contribution in [2.24, 2.45) is 0 Å². The summed E-state index contributed by atoms with van der Waals surface area (Å²) in [6.07, 6.45) is 0. The summed E-state index contributed by atoms with van der Waals surface area (Å²) < 4.78 is 0. The molecule has 0 saturated carbocycles. The van der Waals surface area contributed by atoms with Gasteiger partial charge in [0.05, 0.1) is 6.54 Å². The minimum Gasteiger partial charge on any atom is -0.302 e.